The summed E-state index contributed by atoms with van der Waals surface area (Å²) in [6.45, 7) is 5.25. The van der Waals surface area contributed by atoms with Gasteiger partial charge in [-0.2, -0.15) is 0 Å². The molecule has 0 bridgehead atoms. The third-order valence-electron chi connectivity index (χ3n) is 5.12. The third kappa shape index (κ3) is 3.69. The van der Waals surface area contributed by atoms with Gasteiger partial charge in [0.15, 0.2) is 0 Å². The molecule has 1 aliphatic carbocycles. The van der Waals surface area contributed by atoms with Gasteiger partial charge in [-0.15, -0.1) is 0 Å². The van der Waals surface area contributed by atoms with Crippen LogP contribution < -0.4 is 5.32 Å². The van der Waals surface area contributed by atoms with E-state index in [9.17, 15) is 5.11 Å². The number of fused-ring (bicyclic) bond motifs is 1. The zero-order valence-electron chi connectivity index (χ0n) is 12.2. The molecule has 0 aromatic rings. The van der Waals surface area contributed by atoms with Crippen molar-refractivity contribution in [3.63, 3.8) is 0 Å². The predicted octanol–water partition coefficient (Wildman–Crippen LogP) is 0.515. The molecule has 2 saturated heterocycles. The van der Waals surface area contributed by atoms with Gasteiger partial charge in [-0.1, -0.05) is 0 Å². The highest BCUT2D eigenvalue weighted by molar-refractivity contribution is 4.90. The highest BCUT2D eigenvalue weighted by Gasteiger charge is 2.34. The van der Waals surface area contributed by atoms with Gasteiger partial charge in [-0.05, 0) is 58.2 Å². The number of nitrogens with zero attached hydrogens (tertiary/aromatic N) is 2. The highest BCUT2D eigenvalue weighted by atomic mass is 16.3. The molecular weight excluding hydrogens is 238 g/mol. The number of β-amino-alcohol motifs (C(OH)–C–C–N with tert-alkyl or cyclic N) is 1. The number of hydrogen-bond acceptors (Lipinski definition) is 4. The predicted molar refractivity (Wildman–Crippen MR) is 77.2 cm³/mol. The van der Waals surface area contributed by atoms with Crippen LogP contribution in [0.25, 0.3) is 0 Å². The van der Waals surface area contributed by atoms with Crippen molar-refractivity contribution in [1.82, 2.24) is 15.1 Å². The van der Waals surface area contributed by atoms with E-state index in [1.807, 2.05) is 0 Å². The smallest absolute Gasteiger partial charge is 0.0791 e. The average Bonchev–Trinajstić information content (AvgIpc) is 3.20. The summed E-state index contributed by atoms with van der Waals surface area (Å²) in [4.78, 5) is 5.04. The van der Waals surface area contributed by atoms with E-state index in [0.29, 0.717) is 6.04 Å². The molecule has 0 amide bonds. The molecule has 2 aliphatic heterocycles. The van der Waals surface area contributed by atoms with Crippen molar-refractivity contribution < 1.29 is 5.11 Å². The van der Waals surface area contributed by atoms with Crippen molar-refractivity contribution in [3.05, 3.63) is 0 Å². The quantitative estimate of drug-likeness (QED) is 0.761. The zero-order valence-corrected chi connectivity index (χ0v) is 12.2. The Bertz CT molecular complexity index is 295. The molecule has 0 spiro atoms. The first-order chi connectivity index (χ1) is 9.22. The second-order valence-electron chi connectivity index (χ2n) is 6.83. The first-order valence-corrected chi connectivity index (χ1v) is 8.06. The number of aliphatic hydroxyl groups is 1. The van der Waals surface area contributed by atoms with E-state index in [1.165, 1.54) is 45.2 Å². The molecule has 0 radical (unpaired) electrons. The van der Waals surface area contributed by atoms with Gasteiger partial charge in [0.05, 0.1) is 6.10 Å². The van der Waals surface area contributed by atoms with E-state index < -0.39 is 0 Å². The monoisotopic (exact) mass is 267 g/mol. The summed E-state index contributed by atoms with van der Waals surface area (Å²) in [7, 11) is 2.28. The molecule has 19 heavy (non-hydrogen) atoms. The molecule has 2 N–H and O–H groups in total. The number of piperidine rings is 2. The Morgan fingerprint density at radius 3 is 2.84 bits per heavy atom. The molecule has 4 nitrogen and oxygen atoms in total. The summed E-state index contributed by atoms with van der Waals surface area (Å²) >= 11 is 0. The molecular formula is C15H29N3O. The van der Waals surface area contributed by atoms with E-state index in [4.69, 9.17) is 0 Å². The molecule has 0 aromatic heterocycles. The molecule has 2 heterocycles. The summed E-state index contributed by atoms with van der Waals surface area (Å²) in [5.74, 6) is 0.830. The molecule has 3 unspecified atom stereocenters. The van der Waals surface area contributed by atoms with Crippen LogP contribution >= 0.6 is 0 Å². The van der Waals surface area contributed by atoms with Crippen LogP contribution in [0.3, 0.4) is 0 Å². The second-order valence-corrected chi connectivity index (χ2v) is 6.83. The number of hydrogen-bond donors (Lipinski definition) is 2. The molecule has 3 aliphatic rings. The molecule has 3 rings (SSSR count). The topological polar surface area (TPSA) is 38.7 Å². The fourth-order valence-electron chi connectivity index (χ4n) is 3.85. The molecule has 0 aromatic carbocycles. The second kappa shape index (κ2) is 6.08. The minimum atomic E-state index is -0.196. The molecule has 3 fully saturated rings. The first kappa shape index (κ1) is 13.8. The lowest BCUT2D eigenvalue weighted by Crippen LogP contribution is -2.54. The van der Waals surface area contributed by atoms with Gasteiger partial charge >= 0.3 is 0 Å². The van der Waals surface area contributed by atoms with Gasteiger partial charge in [0, 0.05) is 31.7 Å². The zero-order chi connectivity index (χ0) is 13.2. The Kier molecular flexibility index (Phi) is 4.42. The summed E-state index contributed by atoms with van der Waals surface area (Å²) in [5.41, 5.74) is 0. The van der Waals surface area contributed by atoms with Crippen molar-refractivity contribution in [2.24, 2.45) is 5.92 Å². The number of rotatable bonds is 5. The minimum absolute atomic E-state index is 0.196. The Balaban J connectivity index is 1.42. The van der Waals surface area contributed by atoms with Crippen molar-refractivity contribution in [3.8, 4) is 0 Å². The maximum absolute atomic E-state index is 10.1. The summed E-state index contributed by atoms with van der Waals surface area (Å²) < 4.78 is 0. The number of likely N-dealkylation sites (tertiary alicyclic amines) is 2. The van der Waals surface area contributed by atoms with Gasteiger partial charge < -0.3 is 20.2 Å². The van der Waals surface area contributed by atoms with Crippen molar-refractivity contribution in [2.45, 2.75) is 50.3 Å². The fraction of sp³-hybridized carbons (Fsp3) is 1.00. The van der Waals surface area contributed by atoms with Crippen LogP contribution in [0.1, 0.15) is 32.1 Å². The van der Waals surface area contributed by atoms with Gasteiger partial charge in [0.2, 0.25) is 0 Å². The third-order valence-corrected chi connectivity index (χ3v) is 5.12. The Hall–Kier alpha value is -0.160. The van der Waals surface area contributed by atoms with E-state index in [0.717, 1.165) is 31.6 Å². The Morgan fingerprint density at radius 1 is 1.21 bits per heavy atom. The van der Waals surface area contributed by atoms with Crippen LogP contribution in [0.2, 0.25) is 0 Å². The lowest BCUT2D eigenvalue weighted by atomic mass is 9.84. The van der Waals surface area contributed by atoms with Gasteiger partial charge in [0.25, 0.3) is 0 Å². The largest absolute Gasteiger partial charge is 0.390 e. The van der Waals surface area contributed by atoms with Crippen LogP contribution in [-0.2, 0) is 0 Å². The SMILES string of the molecule is CN1CCCC2CN(CC(O)CNC3CC3)CCC21. The molecule has 3 atom stereocenters. The first-order valence-electron chi connectivity index (χ1n) is 8.06. The van der Waals surface area contributed by atoms with E-state index in [1.54, 1.807) is 0 Å². The van der Waals surface area contributed by atoms with Crippen LogP contribution in [0.4, 0.5) is 0 Å². The van der Waals surface area contributed by atoms with E-state index in [2.05, 4.69) is 22.2 Å². The molecule has 110 valence electrons. The lowest BCUT2D eigenvalue weighted by molar-refractivity contribution is 0.0179. The summed E-state index contributed by atoms with van der Waals surface area (Å²) in [6.07, 6.45) is 6.40. The normalized spacial score (nSPS) is 35.1. The summed E-state index contributed by atoms with van der Waals surface area (Å²) in [5, 5.41) is 13.5. The standard InChI is InChI=1S/C15H29N3O/c1-17-7-2-3-12-10-18(8-6-15(12)17)11-14(19)9-16-13-4-5-13/h12-16,19H,2-11H2,1H3. The van der Waals surface area contributed by atoms with Gasteiger partial charge in [-0.25, -0.2) is 0 Å². The van der Waals surface area contributed by atoms with Crippen molar-refractivity contribution in [1.29, 1.82) is 0 Å². The van der Waals surface area contributed by atoms with Crippen molar-refractivity contribution in [2.75, 3.05) is 39.8 Å². The minimum Gasteiger partial charge on any atom is -0.390 e. The molecule has 4 heteroatoms. The van der Waals surface area contributed by atoms with Crippen LogP contribution in [0.15, 0.2) is 0 Å². The van der Waals surface area contributed by atoms with Crippen LogP contribution in [-0.4, -0.2) is 72.9 Å². The Morgan fingerprint density at radius 2 is 2.05 bits per heavy atom. The van der Waals surface area contributed by atoms with Gasteiger partial charge in [0.1, 0.15) is 0 Å². The molecule has 1 saturated carbocycles. The van der Waals surface area contributed by atoms with E-state index in [-0.39, 0.29) is 6.10 Å². The van der Waals surface area contributed by atoms with Crippen molar-refractivity contribution >= 4 is 0 Å². The van der Waals surface area contributed by atoms with E-state index >= 15 is 0 Å². The fourth-order valence-corrected chi connectivity index (χ4v) is 3.85. The van der Waals surface area contributed by atoms with Crippen LogP contribution in [0, 0.1) is 5.92 Å². The number of aliphatic hydroxyl groups excluding tert-OH is 1. The Labute approximate surface area is 117 Å². The number of nitrogens with one attached hydrogen (secondary N) is 1. The lowest BCUT2D eigenvalue weighted by Gasteiger charge is -2.46. The maximum atomic E-state index is 10.1. The maximum Gasteiger partial charge on any atom is 0.0791 e. The average molecular weight is 267 g/mol. The van der Waals surface area contributed by atoms with Gasteiger partial charge in [-0.3, -0.25) is 0 Å². The van der Waals surface area contributed by atoms with Crippen LogP contribution in [0.5, 0.6) is 0 Å². The highest BCUT2D eigenvalue weighted by Crippen LogP contribution is 2.29. The summed E-state index contributed by atoms with van der Waals surface area (Å²) in [6, 6.07) is 1.50.